The van der Waals surface area contributed by atoms with Crippen LogP contribution in [0, 0.1) is 0 Å². The molecule has 3 nitrogen and oxygen atoms in total. The first-order chi connectivity index (χ1) is 11.2. The summed E-state index contributed by atoms with van der Waals surface area (Å²) in [6.45, 7) is 0.857. The van der Waals surface area contributed by atoms with Crippen LogP contribution in [0.4, 0.5) is 0 Å². The van der Waals surface area contributed by atoms with E-state index in [9.17, 15) is 0 Å². The molecule has 0 amide bonds. The van der Waals surface area contributed by atoms with Gasteiger partial charge in [0, 0.05) is 6.04 Å². The Hall–Kier alpha value is -1.42. The van der Waals surface area contributed by atoms with E-state index in [-0.39, 0.29) is 6.04 Å². The zero-order valence-electron chi connectivity index (χ0n) is 13.2. The largest absolute Gasteiger partial charge is 0.491 e. The molecule has 0 fully saturated rings. The molecule has 0 aliphatic carbocycles. The lowest BCUT2D eigenvalue weighted by molar-refractivity contribution is 0.352. The quantitative estimate of drug-likeness (QED) is 0.883. The summed E-state index contributed by atoms with van der Waals surface area (Å²) in [6.07, 6.45) is 1.67. The highest BCUT2D eigenvalue weighted by molar-refractivity contribution is 6.37. The Labute approximate surface area is 146 Å². The van der Waals surface area contributed by atoms with Gasteiger partial charge in [-0.2, -0.15) is 0 Å². The molecule has 122 valence electrons. The lowest BCUT2D eigenvalue weighted by atomic mass is 9.89. The summed E-state index contributed by atoms with van der Waals surface area (Å²) in [4.78, 5) is 0. The molecule has 0 radical (unpaired) electrons. The molecule has 0 spiro atoms. The lowest BCUT2D eigenvalue weighted by Crippen LogP contribution is -2.32. The van der Waals surface area contributed by atoms with Crippen LogP contribution >= 0.6 is 23.2 Å². The molecule has 1 N–H and O–H groups in total. The van der Waals surface area contributed by atoms with Gasteiger partial charge in [0.2, 0.25) is 0 Å². The summed E-state index contributed by atoms with van der Waals surface area (Å²) in [7, 11) is 3.16. The first-order valence-corrected chi connectivity index (χ1v) is 8.32. The Morgan fingerprint density at radius 1 is 1.04 bits per heavy atom. The highest BCUT2D eigenvalue weighted by atomic mass is 35.5. The van der Waals surface area contributed by atoms with Gasteiger partial charge in [0.05, 0.1) is 24.3 Å². The highest BCUT2D eigenvalue weighted by Crippen LogP contribution is 2.49. The van der Waals surface area contributed by atoms with Gasteiger partial charge in [-0.3, -0.25) is 0 Å². The van der Waals surface area contributed by atoms with Crippen LogP contribution in [-0.2, 0) is 12.8 Å². The standard InChI is InChI=1S/C18H19Cl2NO2/c1-22-17-15(19)12-8-9-21-13(10-11-6-4-3-5-7-11)14(12)16(20)18(17)23-2/h3-7,13,21H,8-10H2,1-2H3. The zero-order valence-corrected chi connectivity index (χ0v) is 14.7. The molecular weight excluding hydrogens is 333 g/mol. The molecule has 0 saturated carbocycles. The predicted octanol–water partition coefficient (Wildman–Crippen LogP) is 4.44. The summed E-state index contributed by atoms with van der Waals surface area (Å²) < 4.78 is 10.8. The van der Waals surface area contributed by atoms with Crippen LogP contribution in [0.3, 0.4) is 0 Å². The van der Waals surface area contributed by atoms with Gasteiger partial charge < -0.3 is 14.8 Å². The molecule has 3 rings (SSSR count). The molecule has 0 bridgehead atoms. The second-order valence-corrected chi connectivity index (χ2v) is 6.29. The third-order valence-corrected chi connectivity index (χ3v) is 5.01. The summed E-state index contributed by atoms with van der Waals surface area (Å²) in [5.74, 6) is 1.01. The molecule has 0 saturated heterocycles. The van der Waals surface area contributed by atoms with Crippen molar-refractivity contribution in [1.82, 2.24) is 5.32 Å². The molecule has 5 heteroatoms. The second-order valence-electron chi connectivity index (χ2n) is 5.53. The zero-order chi connectivity index (χ0) is 16.4. The van der Waals surface area contributed by atoms with E-state index < -0.39 is 0 Å². The van der Waals surface area contributed by atoms with E-state index in [4.69, 9.17) is 32.7 Å². The van der Waals surface area contributed by atoms with E-state index in [1.54, 1.807) is 14.2 Å². The lowest BCUT2D eigenvalue weighted by Gasteiger charge is -2.30. The maximum Gasteiger partial charge on any atom is 0.181 e. The van der Waals surface area contributed by atoms with Crippen LogP contribution in [0.1, 0.15) is 22.7 Å². The fraction of sp³-hybridized carbons (Fsp3) is 0.333. The fourth-order valence-electron chi connectivity index (χ4n) is 3.18. The van der Waals surface area contributed by atoms with Crippen molar-refractivity contribution in [1.29, 1.82) is 0 Å². The minimum absolute atomic E-state index is 0.103. The number of hydrogen-bond donors (Lipinski definition) is 1. The van der Waals surface area contributed by atoms with Gasteiger partial charge in [-0.15, -0.1) is 0 Å². The van der Waals surface area contributed by atoms with Crippen LogP contribution < -0.4 is 14.8 Å². The van der Waals surface area contributed by atoms with Crippen LogP contribution in [0.25, 0.3) is 0 Å². The van der Waals surface area contributed by atoms with Crippen LogP contribution in [-0.4, -0.2) is 20.8 Å². The minimum Gasteiger partial charge on any atom is -0.491 e. The van der Waals surface area contributed by atoms with Crippen LogP contribution in [0.15, 0.2) is 30.3 Å². The van der Waals surface area contributed by atoms with Crippen molar-refractivity contribution >= 4 is 23.2 Å². The summed E-state index contributed by atoms with van der Waals surface area (Å²) in [5, 5.41) is 4.72. The van der Waals surface area contributed by atoms with Crippen molar-refractivity contribution in [3.05, 3.63) is 57.1 Å². The normalized spacial score (nSPS) is 16.8. The van der Waals surface area contributed by atoms with E-state index in [2.05, 4.69) is 17.4 Å². The van der Waals surface area contributed by atoms with E-state index in [0.29, 0.717) is 21.5 Å². The Morgan fingerprint density at radius 3 is 2.35 bits per heavy atom. The number of benzene rings is 2. The topological polar surface area (TPSA) is 30.5 Å². The summed E-state index contributed by atoms with van der Waals surface area (Å²) >= 11 is 13.2. The average molecular weight is 352 g/mol. The Morgan fingerprint density at radius 2 is 1.70 bits per heavy atom. The van der Waals surface area contributed by atoms with Crippen molar-refractivity contribution in [3.8, 4) is 11.5 Å². The van der Waals surface area contributed by atoms with Gasteiger partial charge in [-0.1, -0.05) is 53.5 Å². The smallest absolute Gasteiger partial charge is 0.181 e. The monoisotopic (exact) mass is 351 g/mol. The molecule has 1 unspecified atom stereocenters. The van der Waals surface area contributed by atoms with Gasteiger partial charge in [-0.25, -0.2) is 0 Å². The highest BCUT2D eigenvalue weighted by Gasteiger charge is 2.30. The molecule has 0 aromatic heterocycles. The second kappa shape index (κ2) is 7.00. The fourth-order valence-corrected chi connectivity index (χ4v) is 3.95. The average Bonchev–Trinajstić information content (AvgIpc) is 2.58. The number of hydrogen-bond acceptors (Lipinski definition) is 3. The number of nitrogens with one attached hydrogen (secondary N) is 1. The number of halogens is 2. The number of rotatable bonds is 4. The third-order valence-electron chi connectivity index (χ3n) is 4.24. The SMILES string of the molecule is COc1c(Cl)c2c(c(Cl)c1OC)C(Cc1ccccc1)NCC2. The van der Waals surface area contributed by atoms with E-state index in [0.717, 1.165) is 30.5 Å². The Bertz CT molecular complexity index is 704. The molecule has 1 heterocycles. The Balaban J connectivity index is 2.09. The third kappa shape index (κ3) is 3.01. The predicted molar refractivity (Wildman–Crippen MR) is 94.2 cm³/mol. The molecular formula is C18H19Cl2NO2. The minimum atomic E-state index is 0.103. The van der Waals surface area contributed by atoms with Crippen molar-refractivity contribution in [2.24, 2.45) is 0 Å². The Kier molecular flexibility index (Phi) is 5.00. The van der Waals surface area contributed by atoms with Gasteiger partial charge in [-0.05, 0) is 36.1 Å². The molecule has 1 atom stereocenters. The number of fused-ring (bicyclic) bond motifs is 1. The van der Waals surface area contributed by atoms with Crippen LogP contribution in [0.5, 0.6) is 11.5 Å². The van der Waals surface area contributed by atoms with Gasteiger partial charge in [0.1, 0.15) is 0 Å². The van der Waals surface area contributed by atoms with Gasteiger partial charge in [0.25, 0.3) is 0 Å². The molecule has 2 aromatic carbocycles. The van der Waals surface area contributed by atoms with Gasteiger partial charge in [0.15, 0.2) is 11.5 Å². The summed E-state index contributed by atoms with van der Waals surface area (Å²) in [5.41, 5.74) is 3.32. The van der Waals surface area contributed by atoms with Crippen LogP contribution in [0.2, 0.25) is 10.0 Å². The van der Waals surface area contributed by atoms with Crippen molar-refractivity contribution in [3.63, 3.8) is 0 Å². The summed E-state index contributed by atoms with van der Waals surface area (Å²) in [6, 6.07) is 10.4. The molecule has 1 aliphatic rings. The number of methoxy groups -OCH3 is 2. The van der Waals surface area contributed by atoms with Crippen molar-refractivity contribution in [2.75, 3.05) is 20.8 Å². The van der Waals surface area contributed by atoms with Crippen molar-refractivity contribution in [2.45, 2.75) is 18.9 Å². The number of ether oxygens (including phenoxy) is 2. The van der Waals surface area contributed by atoms with E-state index in [1.165, 1.54) is 5.56 Å². The first kappa shape index (κ1) is 16.4. The van der Waals surface area contributed by atoms with E-state index in [1.807, 2.05) is 18.2 Å². The molecule has 23 heavy (non-hydrogen) atoms. The van der Waals surface area contributed by atoms with Gasteiger partial charge >= 0.3 is 0 Å². The maximum absolute atomic E-state index is 6.64. The van der Waals surface area contributed by atoms with Crippen molar-refractivity contribution < 1.29 is 9.47 Å². The molecule has 1 aliphatic heterocycles. The maximum atomic E-state index is 6.64. The van der Waals surface area contributed by atoms with E-state index >= 15 is 0 Å². The molecule has 2 aromatic rings. The first-order valence-electron chi connectivity index (χ1n) is 7.56.